The van der Waals surface area contributed by atoms with Crippen molar-refractivity contribution in [3.63, 3.8) is 0 Å². The molecular weight excluding hydrogens is 496 g/mol. The van der Waals surface area contributed by atoms with Crippen molar-refractivity contribution in [1.29, 1.82) is 0 Å². The predicted molar refractivity (Wildman–Crippen MR) is 142 cm³/mol. The van der Waals surface area contributed by atoms with Crippen LogP contribution in [0.25, 0.3) is 11.1 Å². The van der Waals surface area contributed by atoms with Gasteiger partial charge >= 0.3 is 0 Å². The number of amides is 1. The van der Waals surface area contributed by atoms with Gasteiger partial charge in [-0.05, 0) is 42.7 Å². The van der Waals surface area contributed by atoms with Crippen LogP contribution >= 0.6 is 0 Å². The molecule has 1 aromatic carbocycles. The largest absolute Gasteiger partial charge is 0.482 e. The highest BCUT2D eigenvalue weighted by atomic mass is 32.2. The molecule has 1 aliphatic heterocycles. The van der Waals surface area contributed by atoms with Crippen molar-refractivity contribution in [2.75, 3.05) is 35.6 Å². The number of benzene rings is 1. The Morgan fingerprint density at radius 2 is 1.92 bits per heavy atom. The zero-order valence-corrected chi connectivity index (χ0v) is 21.7. The lowest BCUT2D eigenvalue weighted by molar-refractivity contribution is -0.121. The average Bonchev–Trinajstić information content (AvgIpc) is 2.89. The Hall–Kier alpha value is -3.86. The molecule has 1 N–H and O–H groups in total. The van der Waals surface area contributed by atoms with Gasteiger partial charge in [-0.1, -0.05) is 25.5 Å². The standard InChI is InChI=1S/C26H30N4O6S/c1-3-4-14-37(33,34)28-21-15-20(17-27-26(21)35-2)19-9-10-23-22(16-19)30(25(32)18-36-23)13-7-12-29-11-6-5-8-24(29)31/h5-6,8-11,15-17,28H,3-4,7,12-14,18H2,1-2H3. The van der Waals surface area contributed by atoms with E-state index in [4.69, 9.17) is 9.47 Å². The fraction of sp³-hybridized carbons (Fsp3) is 0.346. The number of aromatic nitrogens is 2. The third-order valence-corrected chi connectivity index (χ3v) is 7.35. The number of unbranched alkanes of at least 4 members (excludes halogenated alkanes) is 1. The van der Waals surface area contributed by atoms with Crippen LogP contribution < -0.4 is 24.7 Å². The maximum atomic E-state index is 12.7. The van der Waals surface area contributed by atoms with Crippen molar-refractivity contribution in [2.45, 2.75) is 32.7 Å². The number of sulfonamides is 1. The van der Waals surface area contributed by atoms with Gasteiger partial charge in [-0.3, -0.25) is 14.3 Å². The highest BCUT2D eigenvalue weighted by molar-refractivity contribution is 7.92. The summed E-state index contributed by atoms with van der Waals surface area (Å²) in [5, 5.41) is 0. The van der Waals surface area contributed by atoms with E-state index in [0.717, 1.165) is 12.0 Å². The molecule has 0 bridgehead atoms. The molecule has 3 aromatic rings. The summed E-state index contributed by atoms with van der Waals surface area (Å²) in [7, 11) is -2.14. The van der Waals surface area contributed by atoms with E-state index < -0.39 is 10.0 Å². The van der Waals surface area contributed by atoms with Gasteiger partial charge in [-0.25, -0.2) is 13.4 Å². The molecule has 0 aliphatic carbocycles. The van der Waals surface area contributed by atoms with Crippen molar-refractivity contribution < 1.29 is 22.7 Å². The van der Waals surface area contributed by atoms with Crippen LogP contribution in [0.3, 0.4) is 0 Å². The first-order valence-corrected chi connectivity index (χ1v) is 13.7. The van der Waals surface area contributed by atoms with Gasteiger partial charge in [0, 0.05) is 37.1 Å². The van der Waals surface area contributed by atoms with Crippen LogP contribution in [0.1, 0.15) is 26.2 Å². The van der Waals surface area contributed by atoms with Crippen molar-refractivity contribution in [3.05, 3.63) is 65.2 Å². The maximum absolute atomic E-state index is 12.7. The Labute approximate surface area is 215 Å². The van der Waals surface area contributed by atoms with Crippen LogP contribution in [0, 0.1) is 0 Å². The lowest BCUT2D eigenvalue weighted by atomic mass is 10.0. The number of aryl methyl sites for hydroxylation is 1. The number of nitrogens with one attached hydrogen (secondary N) is 1. The molecule has 0 saturated heterocycles. The molecule has 37 heavy (non-hydrogen) atoms. The minimum absolute atomic E-state index is 0.000752. The lowest BCUT2D eigenvalue weighted by Crippen LogP contribution is -2.40. The van der Waals surface area contributed by atoms with Crippen LogP contribution in [0.5, 0.6) is 11.6 Å². The summed E-state index contributed by atoms with van der Waals surface area (Å²) in [4.78, 5) is 30.6. The van der Waals surface area contributed by atoms with E-state index in [9.17, 15) is 18.0 Å². The number of anilines is 2. The Morgan fingerprint density at radius 1 is 1.08 bits per heavy atom. The van der Waals surface area contributed by atoms with E-state index in [1.54, 1.807) is 46.1 Å². The van der Waals surface area contributed by atoms with Crippen molar-refractivity contribution in [2.24, 2.45) is 0 Å². The molecule has 1 aliphatic rings. The van der Waals surface area contributed by atoms with Gasteiger partial charge in [0.15, 0.2) is 6.61 Å². The second-order valence-corrected chi connectivity index (χ2v) is 10.5. The lowest BCUT2D eigenvalue weighted by Gasteiger charge is -2.30. The number of rotatable bonds is 11. The summed E-state index contributed by atoms with van der Waals surface area (Å²) in [6, 6.07) is 12.1. The summed E-state index contributed by atoms with van der Waals surface area (Å²) in [5.74, 6) is 0.557. The number of pyridine rings is 2. The molecule has 0 atom stereocenters. The Kier molecular flexibility index (Phi) is 8.12. The molecule has 0 radical (unpaired) electrons. The van der Waals surface area contributed by atoms with Gasteiger partial charge < -0.3 is 18.9 Å². The fourth-order valence-corrected chi connectivity index (χ4v) is 5.32. The topological polar surface area (TPSA) is 120 Å². The van der Waals surface area contributed by atoms with Crippen LogP contribution in [0.4, 0.5) is 11.4 Å². The van der Waals surface area contributed by atoms with E-state index in [2.05, 4.69) is 9.71 Å². The second-order valence-electron chi connectivity index (χ2n) is 8.66. The van der Waals surface area contributed by atoms with Gasteiger partial charge in [0.1, 0.15) is 11.4 Å². The van der Waals surface area contributed by atoms with E-state index in [-0.39, 0.29) is 35.4 Å². The molecule has 2 aromatic heterocycles. The summed E-state index contributed by atoms with van der Waals surface area (Å²) in [6.45, 7) is 2.74. The number of methoxy groups -OCH3 is 1. The number of fused-ring (bicyclic) bond motifs is 1. The fourth-order valence-electron chi connectivity index (χ4n) is 4.07. The first-order chi connectivity index (χ1) is 17.8. The number of hydrogen-bond donors (Lipinski definition) is 1. The Morgan fingerprint density at radius 3 is 2.68 bits per heavy atom. The first kappa shape index (κ1) is 26.2. The average molecular weight is 527 g/mol. The van der Waals surface area contributed by atoms with E-state index in [0.29, 0.717) is 42.9 Å². The zero-order valence-electron chi connectivity index (χ0n) is 20.8. The van der Waals surface area contributed by atoms with Gasteiger partial charge in [-0.2, -0.15) is 0 Å². The van der Waals surface area contributed by atoms with Gasteiger partial charge in [-0.15, -0.1) is 0 Å². The second kappa shape index (κ2) is 11.5. The summed E-state index contributed by atoms with van der Waals surface area (Å²) < 4.78 is 40.1. The third kappa shape index (κ3) is 6.29. The number of carbonyl (C=O) groups excluding carboxylic acids is 1. The minimum Gasteiger partial charge on any atom is -0.482 e. The molecule has 11 heteroatoms. The Balaban J connectivity index is 1.59. The molecule has 0 unspecified atom stereocenters. The number of nitrogens with zero attached hydrogens (tertiary/aromatic N) is 3. The zero-order chi connectivity index (χ0) is 26.4. The van der Waals surface area contributed by atoms with Crippen LogP contribution in [-0.4, -0.2) is 49.9 Å². The monoisotopic (exact) mass is 526 g/mol. The molecule has 196 valence electrons. The normalized spacial score (nSPS) is 13.1. The van der Waals surface area contributed by atoms with Crippen LogP contribution in [-0.2, 0) is 21.4 Å². The van der Waals surface area contributed by atoms with Crippen molar-refractivity contribution >= 4 is 27.3 Å². The molecule has 0 spiro atoms. The number of hydrogen-bond acceptors (Lipinski definition) is 7. The number of carbonyl (C=O) groups is 1. The molecule has 0 fully saturated rings. The number of ether oxygens (including phenoxy) is 2. The van der Waals surface area contributed by atoms with Gasteiger partial charge in [0.05, 0.1) is 18.6 Å². The first-order valence-electron chi connectivity index (χ1n) is 12.1. The summed E-state index contributed by atoms with van der Waals surface area (Å²) >= 11 is 0. The van der Waals surface area contributed by atoms with Crippen molar-refractivity contribution in [3.8, 4) is 22.8 Å². The minimum atomic E-state index is -3.56. The van der Waals surface area contributed by atoms with E-state index >= 15 is 0 Å². The van der Waals surface area contributed by atoms with Gasteiger partial charge in [0.2, 0.25) is 21.5 Å². The van der Waals surface area contributed by atoms with Crippen molar-refractivity contribution in [1.82, 2.24) is 9.55 Å². The molecular formula is C26H30N4O6S. The summed E-state index contributed by atoms with van der Waals surface area (Å²) in [6.07, 6.45) is 5.18. The highest BCUT2D eigenvalue weighted by Crippen LogP contribution is 2.37. The van der Waals surface area contributed by atoms with E-state index in [1.807, 2.05) is 19.1 Å². The highest BCUT2D eigenvalue weighted by Gasteiger charge is 2.26. The predicted octanol–water partition coefficient (Wildman–Crippen LogP) is 3.28. The smallest absolute Gasteiger partial charge is 0.265 e. The SMILES string of the molecule is CCCCS(=O)(=O)Nc1cc(-c2ccc3c(c2)N(CCCn2ccccc2=O)C(=O)CO3)cnc1OC. The van der Waals surface area contributed by atoms with E-state index in [1.165, 1.54) is 13.2 Å². The van der Waals surface area contributed by atoms with Crippen LogP contribution in [0.2, 0.25) is 0 Å². The molecule has 0 saturated carbocycles. The van der Waals surface area contributed by atoms with Gasteiger partial charge in [0.25, 0.3) is 5.91 Å². The molecule has 3 heterocycles. The third-order valence-electron chi connectivity index (χ3n) is 5.99. The maximum Gasteiger partial charge on any atom is 0.265 e. The van der Waals surface area contributed by atoms with Crippen LogP contribution in [0.15, 0.2) is 59.7 Å². The Bertz CT molecular complexity index is 1440. The quantitative estimate of drug-likeness (QED) is 0.407. The molecule has 10 nitrogen and oxygen atoms in total. The molecule has 4 rings (SSSR count). The molecule has 1 amide bonds. The summed E-state index contributed by atoms with van der Waals surface area (Å²) in [5.41, 5.74) is 2.13.